The van der Waals surface area contributed by atoms with Crippen molar-refractivity contribution in [2.24, 2.45) is 0 Å². The third-order valence-corrected chi connectivity index (χ3v) is 5.19. The Balaban J connectivity index is 1.82. The Morgan fingerprint density at radius 2 is 1.96 bits per heavy atom. The molecular weight excluding hydrogens is 336 g/mol. The van der Waals surface area contributed by atoms with Crippen molar-refractivity contribution in [3.8, 4) is 11.5 Å². The van der Waals surface area contributed by atoms with Gasteiger partial charge in [-0.15, -0.1) is 0 Å². The van der Waals surface area contributed by atoms with Crippen LogP contribution in [0.3, 0.4) is 0 Å². The number of nitrogens with zero attached hydrogens (tertiary/aromatic N) is 1. The van der Waals surface area contributed by atoms with E-state index < -0.39 is 14.9 Å². The molecule has 1 heterocycles. The largest absolute Gasteiger partial charge is 0.454 e. The lowest BCUT2D eigenvalue weighted by Crippen LogP contribution is -2.24. The van der Waals surface area contributed by atoms with E-state index >= 15 is 0 Å². The van der Waals surface area contributed by atoms with Gasteiger partial charge < -0.3 is 9.47 Å². The Morgan fingerprint density at radius 3 is 2.71 bits per heavy atom. The molecule has 1 aliphatic rings. The molecule has 0 unspecified atom stereocenters. The Hall–Kier alpha value is -2.65. The van der Waals surface area contributed by atoms with Crippen LogP contribution < -0.4 is 14.2 Å². The monoisotopic (exact) mass is 350 g/mol. The number of fused-ring (bicyclic) bond motifs is 1. The number of nitrogens with one attached hydrogen (secondary N) is 1. The fourth-order valence-electron chi connectivity index (χ4n) is 2.40. The molecule has 2 aromatic rings. The van der Waals surface area contributed by atoms with Crippen LogP contribution in [0.5, 0.6) is 11.5 Å². The number of nitro benzene ring substituents is 1. The lowest BCUT2D eigenvalue weighted by molar-refractivity contribution is -0.385. The van der Waals surface area contributed by atoms with E-state index in [9.17, 15) is 18.5 Å². The zero-order chi connectivity index (χ0) is 17.3. The van der Waals surface area contributed by atoms with Gasteiger partial charge in [0.25, 0.3) is 5.69 Å². The molecule has 0 amide bonds. The first-order valence-corrected chi connectivity index (χ1v) is 8.49. The second-order valence-electron chi connectivity index (χ2n) is 5.17. The van der Waals surface area contributed by atoms with Crippen molar-refractivity contribution in [2.75, 3.05) is 6.79 Å². The standard InChI is InChI=1S/C15H14N2O6S/c1-10-12(17(18)19)3-2-4-15(10)24(20,21)16-8-11-5-6-13-14(7-11)23-9-22-13/h2-7,16H,8-9H2,1H3. The van der Waals surface area contributed by atoms with Crippen molar-refractivity contribution >= 4 is 15.7 Å². The molecular formula is C15H14N2O6S. The average molecular weight is 350 g/mol. The van der Waals surface area contributed by atoms with Gasteiger partial charge in [0.15, 0.2) is 11.5 Å². The summed E-state index contributed by atoms with van der Waals surface area (Å²) in [5.74, 6) is 1.16. The Bertz CT molecular complexity index is 910. The van der Waals surface area contributed by atoms with Gasteiger partial charge in [0.2, 0.25) is 16.8 Å². The zero-order valence-electron chi connectivity index (χ0n) is 12.7. The van der Waals surface area contributed by atoms with E-state index in [1.807, 2.05) is 0 Å². The molecule has 2 aromatic carbocycles. The van der Waals surface area contributed by atoms with Crippen LogP contribution in [-0.2, 0) is 16.6 Å². The number of ether oxygens (including phenoxy) is 2. The van der Waals surface area contributed by atoms with E-state index in [1.54, 1.807) is 18.2 Å². The first-order valence-electron chi connectivity index (χ1n) is 7.01. The number of hydrogen-bond donors (Lipinski definition) is 1. The molecule has 0 saturated carbocycles. The topological polar surface area (TPSA) is 108 Å². The zero-order valence-corrected chi connectivity index (χ0v) is 13.5. The highest BCUT2D eigenvalue weighted by Crippen LogP contribution is 2.32. The fraction of sp³-hybridized carbons (Fsp3) is 0.200. The van der Waals surface area contributed by atoms with E-state index in [2.05, 4.69) is 4.72 Å². The van der Waals surface area contributed by atoms with Crippen molar-refractivity contribution < 1.29 is 22.8 Å². The van der Waals surface area contributed by atoms with Gasteiger partial charge in [0, 0.05) is 18.2 Å². The molecule has 0 spiro atoms. The van der Waals surface area contributed by atoms with E-state index in [-0.39, 0.29) is 29.5 Å². The van der Waals surface area contributed by atoms with E-state index in [0.717, 1.165) is 0 Å². The SMILES string of the molecule is Cc1c([N+](=O)[O-])cccc1S(=O)(=O)NCc1ccc2c(c1)OCO2. The number of sulfonamides is 1. The van der Waals surface area contributed by atoms with Crippen LogP contribution in [0.25, 0.3) is 0 Å². The lowest BCUT2D eigenvalue weighted by atomic mass is 10.2. The van der Waals surface area contributed by atoms with Gasteiger partial charge in [-0.2, -0.15) is 0 Å². The lowest BCUT2D eigenvalue weighted by Gasteiger charge is -2.10. The van der Waals surface area contributed by atoms with Gasteiger partial charge in [-0.3, -0.25) is 10.1 Å². The van der Waals surface area contributed by atoms with Crippen molar-refractivity contribution in [1.82, 2.24) is 4.72 Å². The van der Waals surface area contributed by atoms with Gasteiger partial charge >= 0.3 is 0 Å². The van der Waals surface area contributed by atoms with Crippen LogP contribution in [0.4, 0.5) is 5.69 Å². The molecule has 9 heteroatoms. The summed E-state index contributed by atoms with van der Waals surface area (Å²) in [6, 6.07) is 9.06. The highest BCUT2D eigenvalue weighted by atomic mass is 32.2. The molecule has 0 atom stereocenters. The fourth-order valence-corrected chi connectivity index (χ4v) is 3.68. The summed E-state index contributed by atoms with van der Waals surface area (Å²) < 4.78 is 37.8. The van der Waals surface area contributed by atoms with Crippen LogP contribution in [0.2, 0.25) is 0 Å². The molecule has 1 N–H and O–H groups in total. The summed E-state index contributed by atoms with van der Waals surface area (Å²) in [7, 11) is -3.89. The highest BCUT2D eigenvalue weighted by Gasteiger charge is 2.23. The number of rotatable bonds is 5. The Labute approximate surface area is 138 Å². The summed E-state index contributed by atoms with van der Waals surface area (Å²) in [5.41, 5.74) is 0.549. The second-order valence-corrected chi connectivity index (χ2v) is 6.90. The third-order valence-electron chi connectivity index (χ3n) is 3.65. The summed E-state index contributed by atoms with van der Waals surface area (Å²) >= 11 is 0. The molecule has 126 valence electrons. The number of nitro groups is 1. The molecule has 0 bridgehead atoms. The van der Waals surface area contributed by atoms with Crippen molar-refractivity contribution in [1.29, 1.82) is 0 Å². The molecule has 8 nitrogen and oxygen atoms in total. The average Bonchev–Trinajstić information content (AvgIpc) is 3.00. The van der Waals surface area contributed by atoms with Crippen LogP contribution in [0.15, 0.2) is 41.3 Å². The smallest absolute Gasteiger partial charge is 0.273 e. The van der Waals surface area contributed by atoms with Crippen LogP contribution in [0, 0.1) is 17.0 Å². The van der Waals surface area contributed by atoms with Crippen molar-refractivity contribution in [3.05, 3.63) is 57.6 Å². The van der Waals surface area contributed by atoms with Gasteiger partial charge in [-0.1, -0.05) is 12.1 Å². The van der Waals surface area contributed by atoms with E-state index in [1.165, 1.54) is 25.1 Å². The maximum atomic E-state index is 12.4. The van der Waals surface area contributed by atoms with Crippen LogP contribution >= 0.6 is 0 Å². The van der Waals surface area contributed by atoms with Crippen molar-refractivity contribution in [2.45, 2.75) is 18.4 Å². The molecule has 3 rings (SSSR count). The third kappa shape index (κ3) is 3.03. The van der Waals surface area contributed by atoms with Crippen LogP contribution in [0.1, 0.15) is 11.1 Å². The van der Waals surface area contributed by atoms with E-state index in [4.69, 9.17) is 9.47 Å². The van der Waals surface area contributed by atoms with Crippen molar-refractivity contribution in [3.63, 3.8) is 0 Å². The molecule has 0 radical (unpaired) electrons. The first kappa shape index (κ1) is 16.2. The minimum Gasteiger partial charge on any atom is -0.454 e. The summed E-state index contributed by atoms with van der Waals surface area (Å²) in [4.78, 5) is 10.2. The minimum absolute atomic E-state index is 0.0289. The maximum absolute atomic E-state index is 12.4. The quantitative estimate of drug-likeness (QED) is 0.653. The Morgan fingerprint density at radius 1 is 1.21 bits per heavy atom. The maximum Gasteiger partial charge on any atom is 0.273 e. The van der Waals surface area contributed by atoms with Crippen LogP contribution in [-0.4, -0.2) is 20.1 Å². The summed E-state index contributed by atoms with van der Waals surface area (Å²) in [6.07, 6.45) is 0. The predicted molar refractivity (Wildman–Crippen MR) is 84.4 cm³/mol. The second kappa shape index (κ2) is 6.10. The normalized spacial score (nSPS) is 13.0. The molecule has 0 aromatic heterocycles. The van der Waals surface area contributed by atoms with Gasteiger partial charge in [-0.05, 0) is 30.7 Å². The Kier molecular flexibility index (Phi) is 4.12. The molecule has 24 heavy (non-hydrogen) atoms. The van der Waals surface area contributed by atoms with Gasteiger partial charge in [-0.25, -0.2) is 13.1 Å². The molecule has 0 saturated heterocycles. The summed E-state index contributed by atoms with van der Waals surface area (Å²) in [6.45, 7) is 1.58. The minimum atomic E-state index is -3.89. The molecule has 1 aliphatic heterocycles. The number of hydrogen-bond acceptors (Lipinski definition) is 6. The molecule has 0 fully saturated rings. The predicted octanol–water partition coefficient (Wildman–Crippen LogP) is 2.11. The molecule has 0 aliphatic carbocycles. The van der Waals surface area contributed by atoms with Gasteiger partial charge in [0.05, 0.1) is 9.82 Å². The highest BCUT2D eigenvalue weighted by molar-refractivity contribution is 7.89. The number of benzene rings is 2. The first-order chi connectivity index (χ1) is 11.4. The van der Waals surface area contributed by atoms with Gasteiger partial charge in [0.1, 0.15) is 0 Å². The summed E-state index contributed by atoms with van der Waals surface area (Å²) in [5, 5.41) is 11.0. The van der Waals surface area contributed by atoms with E-state index in [0.29, 0.717) is 17.1 Å².